The topological polar surface area (TPSA) is 136 Å². The first-order chi connectivity index (χ1) is 21.9. The van der Waals surface area contributed by atoms with Crippen LogP contribution in [0.15, 0.2) is 29.6 Å². The number of terminal acetylenes is 1. The average Bonchev–Trinajstić information content (AvgIpc) is 3.73. The maximum Gasteiger partial charge on any atom is 0.418 e. The zero-order valence-corrected chi connectivity index (χ0v) is 29.3. The highest BCUT2D eigenvalue weighted by molar-refractivity contribution is 8.15. The minimum atomic E-state index is -1.50. The molecule has 15 heteroatoms. The predicted molar refractivity (Wildman–Crippen MR) is 177 cm³/mol. The monoisotopic (exact) mass is 687 g/mol. The lowest BCUT2D eigenvalue weighted by Gasteiger charge is -2.37. The van der Waals surface area contributed by atoms with Crippen molar-refractivity contribution in [2.24, 2.45) is 10.9 Å². The molecule has 3 heterocycles. The second-order valence-corrected chi connectivity index (χ2v) is 20.6. The molecule has 47 heavy (non-hydrogen) atoms. The molecule has 1 amide bonds. The van der Waals surface area contributed by atoms with E-state index in [0.717, 1.165) is 41.2 Å². The third kappa shape index (κ3) is 8.54. The number of aliphatic carboxylic acids is 1. The fraction of sp³-hybridized carbons (Fsp3) is 0.500. The van der Waals surface area contributed by atoms with E-state index in [2.05, 4.69) is 40.5 Å². The van der Waals surface area contributed by atoms with E-state index in [9.17, 15) is 14.7 Å². The molecule has 1 fully saturated rings. The Hall–Kier alpha value is -3.87. The summed E-state index contributed by atoms with van der Waals surface area (Å²) in [6.07, 6.45) is 9.14. The number of fused-ring (bicyclic) bond motifs is 1. The van der Waals surface area contributed by atoms with Crippen LogP contribution in [-0.2, 0) is 19.8 Å². The van der Waals surface area contributed by atoms with Gasteiger partial charge < -0.3 is 19.3 Å². The number of ether oxygens (including phenoxy) is 3. The van der Waals surface area contributed by atoms with Crippen LogP contribution in [0.5, 0.6) is 5.88 Å². The first kappa shape index (κ1) is 36.0. The Bertz CT molecular complexity index is 1620. The van der Waals surface area contributed by atoms with Crippen LogP contribution in [0.2, 0.25) is 25.7 Å². The summed E-state index contributed by atoms with van der Waals surface area (Å²) in [6.45, 7) is 13.4. The van der Waals surface area contributed by atoms with Crippen molar-refractivity contribution >= 4 is 49.0 Å². The molecule has 0 aromatic carbocycles. The van der Waals surface area contributed by atoms with Gasteiger partial charge in [-0.05, 0) is 57.9 Å². The van der Waals surface area contributed by atoms with E-state index in [-0.39, 0.29) is 47.6 Å². The number of carboxylic acid groups (broad SMARTS) is 1. The van der Waals surface area contributed by atoms with Crippen molar-refractivity contribution in [3.8, 4) is 18.2 Å². The van der Waals surface area contributed by atoms with Gasteiger partial charge in [0.05, 0.1) is 17.9 Å². The highest BCUT2D eigenvalue weighted by Gasteiger charge is 2.72. The van der Waals surface area contributed by atoms with Crippen LogP contribution in [0, 0.1) is 24.2 Å². The van der Waals surface area contributed by atoms with Gasteiger partial charge in [0.15, 0.2) is 17.6 Å². The van der Waals surface area contributed by atoms with E-state index in [0.29, 0.717) is 6.61 Å². The van der Waals surface area contributed by atoms with Gasteiger partial charge in [0.2, 0.25) is 11.8 Å². The Kier molecular flexibility index (Phi) is 10.5. The maximum atomic E-state index is 15.6. The van der Waals surface area contributed by atoms with Crippen molar-refractivity contribution in [2.45, 2.75) is 75.7 Å². The van der Waals surface area contributed by atoms with Crippen molar-refractivity contribution < 1.29 is 37.7 Å². The molecular weight excluding hydrogens is 649 g/mol. The van der Waals surface area contributed by atoms with Gasteiger partial charge in [-0.1, -0.05) is 37.3 Å². The highest BCUT2D eigenvalue weighted by atomic mass is 32.2. The minimum Gasteiger partial charge on any atom is -0.480 e. The summed E-state index contributed by atoms with van der Waals surface area (Å²) in [6, 6.07) is 2.20. The maximum absolute atomic E-state index is 15.6. The number of aliphatic imine (C=N–C) groups is 1. The molecule has 11 nitrogen and oxygen atoms in total. The number of carbonyl (C=O) groups excluding carboxylic acids is 1. The van der Waals surface area contributed by atoms with Crippen molar-refractivity contribution in [3.63, 3.8) is 0 Å². The lowest BCUT2D eigenvalue weighted by molar-refractivity contribution is -0.137. The molecule has 0 bridgehead atoms. The second kappa shape index (κ2) is 13.7. The summed E-state index contributed by atoms with van der Waals surface area (Å²) in [5.74, 6) is -1.06. The Labute approximate surface area is 278 Å². The number of thioether (sulfide) groups is 1. The summed E-state index contributed by atoms with van der Waals surface area (Å²) in [4.78, 5) is 43.9. The molecule has 1 aliphatic heterocycles. The van der Waals surface area contributed by atoms with E-state index >= 15 is 8.78 Å². The van der Waals surface area contributed by atoms with Crippen LogP contribution in [0.3, 0.4) is 0 Å². The zero-order valence-electron chi connectivity index (χ0n) is 27.5. The number of carbonyl (C=O) groups is 2. The first-order valence-corrected chi connectivity index (χ1v) is 19.4. The molecule has 1 saturated carbocycles. The van der Waals surface area contributed by atoms with Crippen molar-refractivity contribution in [1.29, 1.82) is 0 Å². The number of carboxylic acids is 1. The third-order valence-corrected chi connectivity index (χ3v) is 10.7. The van der Waals surface area contributed by atoms with E-state index in [1.54, 1.807) is 27.7 Å². The Balaban J connectivity index is 1.73. The molecule has 2 aromatic rings. The van der Waals surface area contributed by atoms with E-state index < -0.39 is 53.7 Å². The minimum absolute atomic E-state index is 0.0137. The van der Waals surface area contributed by atoms with Crippen LogP contribution < -0.4 is 4.74 Å². The number of rotatable bonds is 11. The smallest absolute Gasteiger partial charge is 0.418 e. The van der Waals surface area contributed by atoms with Gasteiger partial charge in [0, 0.05) is 32.4 Å². The van der Waals surface area contributed by atoms with Gasteiger partial charge in [0.25, 0.3) is 0 Å². The van der Waals surface area contributed by atoms with Crippen molar-refractivity contribution in [3.05, 3.63) is 47.4 Å². The normalized spacial score (nSPS) is 22.4. The number of halogens is 2. The summed E-state index contributed by atoms with van der Waals surface area (Å²) in [7, 11) is -1.46. The number of hydrogen-bond acceptors (Lipinski definition) is 10. The first-order valence-electron chi connectivity index (χ1n) is 14.9. The van der Waals surface area contributed by atoms with Gasteiger partial charge in [-0.3, -0.25) is 9.79 Å². The van der Waals surface area contributed by atoms with Crippen LogP contribution in [0.25, 0.3) is 11.9 Å². The molecule has 0 unspecified atom stereocenters. The summed E-state index contributed by atoms with van der Waals surface area (Å²) in [5, 5.41) is 10.4. The predicted octanol–water partition coefficient (Wildman–Crippen LogP) is 6.20. The summed E-state index contributed by atoms with van der Waals surface area (Å²) >= 11 is 0.916. The van der Waals surface area contributed by atoms with Crippen LogP contribution in [-0.4, -0.2) is 80.6 Å². The quantitative estimate of drug-likeness (QED) is 0.0956. The van der Waals surface area contributed by atoms with E-state index in [1.807, 2.05) is 0 Å². The molecule has 0 radical (unpaired) electrons. The number of amidine groups is 1. The summed E-state index contributed by atoms with van der Waals surface area (Å²) in [5.41, 5.74) is -2.37. The number of aromatic nitrogens is 3. The lowest BCUT2D eigenvalue weighted by Crippen LogP contribution is -2.47. The van der Waals surface area contributed by atoms with Crippen LogP contribution in [0.4, 0.5) is 13.6 Å². The Morgan fingerprint density at radius 3 is 2.55 bits per heavy atom. The standard InChI is InChI=1S/C32H39F2N5O6SSi/c1-9-10-44-25-18-35-23(17-36-25)22(33)14-20-13-21(26(34)37-16-20)31(5)24-15-32(24,27(40)41)46-28(38-31)39(29(42)45-30(2,3)4)19-43-11-12-47(6,7)8/h1,13-14,16-18,24H,10-12,15,19H2,2-8H3,(H,40,41)/b22-14-/t24-,31+,32-/m0/s1. The number of nitrogens with zero attached hydrogens (tertiary/aromatic N) is 5. The molecule has 2 aromatic heterocycles. The fourth-order valence-electron chi connectivity index (χ4n) is 4.90. The van der Waals surface area contributed by atoms with E-state index in [1.165, 1.54) is 12.3 Å². The average molecular weight is 688 g/mol. The van der Waals surface area contributed by atoms with Crippen LogP contribution >= 0.6 is 11.8 Å². The summed E-state index contributed by atoms with van der Waals surface area (Å²) < 4.78 is 46.1. The molecule has 1 N–H and O–H groups in total. The molecule has 1 aliphatic carbocycles. The molecule has 4 rings (SSSR count). The SMILES string of the molecule is C#CCOc1cnc(/C(F)=C/c2cnc(F)c([C@@]3(C)N=C(N(COCC[Si](C)(C)C)C(=O)OC(C)(C)C)S[C@@]4(C(=O)O)C[C@H]43)c2)cn1. The molecule has 0 spiro atoms. The second-order valence-electron chi connectivity index (χ2n) is 13.7. The highest BCUT2D eigenvalue weighted by Crippen LogP contribution is 2.66. The molecular formula is C32H39F2N5O6SSi. The Morgan fingerprint density at radius 2 is 1.96 bits per heavy atom. The fourth-order valence-corrected chi connectivity index (χ4v) is 7.17. The largest absolute Gasteiger partial charge is 0.480 e. The Morgan fingerprint density at radius 1 is 1.23 bits per heavy atom. The van der Waals surface area contributed by atoms with Gasteiger partial charge in [-0.25, -0.2) is 29.0 Å². The van der Waals surface area contributed by atoms with Crippen LogP contribution in [0.1, 0.15) is 50.9 Å². The zero-order chi connectivity index (χ0) is 34.8. The van der Waals surface area contributed by atoms with Crippen molar-refractivity contribution in [1.82, 2.24) is 19.9 Å². The van der Waals surface area contributed by atoms with Crippen molar-refractivity contribution in [2.75, 3.05) is 19.9 Å². The molecule has 2 aliphatic rings. The van der Waals surface area contributed by atoms with Gasteiger partial charge >= 0.3 is 12.1 Å². The van der Waals surface area contributed by atoms with Gasteiger partial charge in [-0.15, -0.1) is 6.42 Å². The number of hydrogen-bond donors (Lipinski definition) is 1. The lowest BCUT2D eigenvalue weighted by atomic mass is 9.86. The number of pyridine rings is 1. The van der Waals surface area contributed by atoms with Gasteiger partial charge in [0.1, 0.15) is 22.8 Å². The number of amides is 1. The third-order valence-electron chi connectivity index (χ3n) is 7.49. The van der Waals surface area contributed by atoms with Gasteiger partial charge in [-0.2, -0.15) is 4.39 Å². The van der Waals surface area contributed by atoms with E-state index in [4.69, 9.17) is 25.6 Å². The molecule has 252 valence electrons. The molecule has 3 atom stereocenters. The molecule has 0 saturated heterocycles.